The molecule has 0 spiro atoms. The number of aromatic nitrogens is 2. The normalized spacial score (nSPS) is 11.1. The number of sulfonamides is 1. The molecule has 0 atom stereocenters. The summed E-state index contributed by atoms with van der Waals surface area (Å²) in [7, 11) is -5.07. The molecule has 0 aliphatic rings. The lowest BCUT2D eigenvalue weighted by Gasteiger charge is -2.02. The lowest BCUT2D eigenvalue weighted by molar-refractivity contribution is 0.425. The molecule has 0 bridgehead atoms. The molecule has 1 aromatic rings. The van der Waals surface area contributed by atoms with Gasteiger partial charge in [0.05, 0.1) is 6.26 Å². The van der Waals surface area contributed by atoms with Gasteiger partial charge in [-0.25, -0.2) is 18.4 Å². The van der Waals surface area contributed by atoms with Crippen molar-refractivity contribution in [1.29, 1.82) is 0 Å². The second-order valence-corrected chi connectivity index (χ2v) is 4.34. The van der Waals surface area contributed by atoms with Crippen LogP contribution in [-0.2, 0) is 10.0 Å². The van der Waals surface area contributed by atoms with E-state index >= 15 is 0 Å². The van der Waals surface area contributed by atoms with Gasteiger partial charge in [0.2, 0.25) is 16.0 Å². The average molecular weight is 217 g/mol. The van der Waals surface area contributed by atoms with Gasteiger partial charge in [0.15, 0.2) is 0 Å². The van der Waals surface area contributed by atoms with Crippen LogP contribution in [0.2, 0.25) is 0 Å². The topological polar surface area (TPSA) is 112 Å². The van der Waals surface area contributed by atoms with E-state index < -0.39 is 17.1 Å². The Morgan fingerprint density at radius 3 is 2.21 bits per heavy atom. The number of hydrogen-bond acceptors (Lipinski definition) is 6. The van der Waals surface area contributed by atoms with Gasteiger partial charge in [-0.15, -0.1) is 0 Å². The van der Waals surface area contributed by atoms with Gasteiger partial charge in [-0.1, -0.05) is 0 Å². The summed E-state index contributed by atoms with van der Waals surface area (Å²) >= 11 is 0. The minimum atomic E-state index is -3.41. The zero-order valence-electron chi connectivity index (χ0n) is 7.25. The molecule has 1 aromatic heterocycles. The van der Waals surface area contributed by atoms with Gasteiger partial charge in [0, 0.05) is 17.9 Å². The molecule has 1 rings (SSSR count). The molecule has 0 saturated heterocycles. The predicted octanol–water partition coefficient (Wildman–Crippen LogP) is -2.47. The highest BCUT2D eigenvalue weighted by molar-refractivity contribution is 7.91. The summed E-state index contributed by atoms with van der Waals surface area (Å²) < 4.78 is 23.5. The van der Waals surface area contributed by atoms with E-state index in [0.29, 0.717) is 0 Å². The molecule has 0 radical (unpaired) electrons. The summed E-state index contributed by atoms with van der Waals surface area (Å²) in [5, 5.41) is 17.4. The maximum Gasteiger partial charge on any atom is 0.491 e. The highest BCUT2D eigenvalue weighted by Gasteiger charge is 2.12. The second kappa shape index (κ2) is 3.90. The largest absolute Gasteiger partial charge is 0.491 e. The predicted molar refractivity (Wildman–Crippen MR) is 50.3 cm³/mol. The fourth-order valence-corrected chi connectivity index (χ4v) is 1.13. The van der Waals surface area contributed by atoms with Gasteiger partial charge in [0.25, 0.3) is 0 Å². The van der Waals surface area contributed by atoms with E-state index in [9.17, 15) is 8.42 Å². The van der Waals surface area contributed by atoms with E-state index in [2.05, 4.69) is 9.97 Å². The number of rotatable bonds is 3. The van der Waals surface area contributed by atoms with E-state index in [1.54, 1.807) is 0 Å². The first-order chi connectivity index (χ1) is 6.38. The van der Waals surface area contributed by atoms with Crippen molar-refractivity contribution in [3.63, 3.8) is 0 Å². The summed E-state index contributed by atoms with van der Waals surface area (Å²) in [5.41, 5.74) is 0.0871. The summed E-state index contributed by atoms with van der Waals surface area (Å²) in [6.45, 7) is 0. The number of hydrogen-bond donors (Lipinski definition) is 3. The van der Waals surface area contributed by atoms with E-state index in [4.69, 9.17) is 10.0 Å². The Morgan fingerprint density at radius 2 is 1.86 bits per heavy atom. The monoisotopic (exact) mass is 217 g/mol. The SMILES string of the molecule is CS(=O)(=O)Nc1ncc(B(O)O)cn1. The van der Waals surface area contributed by atoms with Gasteiger partial charge in [-0.05, 0) is 0 Å². The van der Waals surface area contributed by atoms with Gasteiger partial charge in [0.1, 0.15) is 0 Å². The van der Waals surface area contributed by atoms with Crippen molar-refractivity contribution >= 4 is 28.6 Å². The van der Waals surface area contributed by atoms with Crippen LogP contribution in [0.4, 0.5) is 5.95 Å². The first-order valence-corrected chi connectivity index (χ1v) is 5.43. The van der Waals surface area contributed by atoms with Gasteiger partial charge >= 0.3 is 7.12 Å². The first kappa shape index (κ1) is 10.9. The second-order valence-electron chi connectivity index (χ2n) is 2.59. The Bertz CT molecular complexity index is 403. The van der Waals surface area contributed by atoms with E-state index in [1.807, 2.05) is 4.72 Å². The van der Waals surface area contributed by atoms with Gasteiger partial charge in [-0.2, -0.15) is 0 Å². The Kier molecular flexibility index (Phi) is 3.04. The fraction of sp³-hybridized carbons (Fsp3) is 0.200. The molecule has 0 unspecified atom stereocenters. The molecule has 0 saturated carbocycles. The molecular formula is C5H8BN3O4S. The lowest BCUT2D eigenvalue weighted by Crippen LogP contribution is -2.31. The lowest BCUT2D eigenvalue weighted by atomic mass is 9.83. The molecule has 3 N–H and O–H groups in total. The number of nitrogens with one attached hydrogen (secondary N) is 1. The minimum absolute atomic E-state index is 0.0871. The van der Waals surface area contributed by atoms with E-state index in [-0.39, 0.29) is 11.4 Å². The van der Waals surface area contributed by atoms with Crippen LogP contribution in [0.25, 0.3) is 0 Å². The van der Waals surface area contributed by atoms with Crippen LogP contribution in [0, 0.1) is 0 Å². The van der Waals surface area contributed by atoms with Crippen molar-refractivity contribution in [2.45, 2.75) is 0 Å². The Hall–Kier alpha value is -1.19. The minimum Gasteiger partial charge on any atom is -0.423 e. The smallest absolute Gasteiger partial charge is 0.423 e. The number of nitrogens with zero attached hydrogens (tertiary/aromatic N) is 2. The highest BCUT2D eigenvalue weighted by Crippen LogP contribution is 1.95. The standard InChI is InChI=1S/C5H8BN3O4S/c1-14(12,13)9-5-7-2-4(3-8-5)6(10)11/h2-3,10-11H,1H3,(H,7,8,9). The molecule has 1 heterocycles. The zero-order valence-corrected chi connectivity index (χ0v) is 8.06. The maximum atomic E-state index is 10.7. The van der Waals surface area contributed by atoms with Crippen LogP contribution < -0.4 is 10.2 Å². The van der Waals surface area contributed by atoms with Crippen LogP contribution in [0.5, 0.6) is 0 Å². The molecule has 7 nitrogen and oxygen atoms in total. The highest BCUT2D eigenvalue weighted by atomic mass is 32.2. The summed E-state index contributed by atoms with van der Waals surface area (Å²) in [5.74, 6) is -0.114. The molecule has 0 aliphatic heterocycles. The number of anilines is 1. The van der Waals surface area contributed by atoms with E-state index in [0.717, 1.165) is 18.6 Å². The van der Waals surface area contributed by atoms with Crippen molar-refractivity contribution in [3.05, 3.63) is 12.4 Å². The quantitative estimate of drug-likeness (QED) is 0.483. The molecule has 0 aromatic carbocycles. The zero-order chi connectivity index (χ0) is 10.8. The van der Waals surface area contributed by atoms with Crippen molar-refractivity contribution in [1.82, 2.24) is 9.97 Å². The van der Waals surface area contributed by atoms with Crippen molar-refractivity contribution in [2.75, 3.05) is 11.0 Å². The van der Waals surface area contributed by atoms with Crippen LogP contribution >= 0.6 is 0 Å². The molecule has 9 heteroatoms. The van der Waals surface area contributed by atoms with Crippen LogP contribution in [0.15, 0.2) is 12.4 Å². The first-order valence-electron chi connectivity index (χ1n) is 3.54. The van der Waals surface area contributed by atoms with Crippen molar-refractivity contribution < 1.29 is 18.5 Å². The fourth-order valence-electron chi connectivity index (χ4n) is 0.690. The van der Waals surface area contributed by atoms with Crippen molar-refractivity contribution in [3.8, 4) is 0 Å². The average Bonchev–Trinajstić information content (AvgIpc) is 2.02. The van der Waals surface area contributed by atoms with E-state index in [1.165, 1.54) is 0 Å². The summed E-state index contributed by atoms with van der Waals surface area (Å²) in [6.07, 6.45) is 3.20. The molecule has 76 valence electrons. The van der Waals surface area contributed by atoms with Crippen LogP contribution in [0.1, 0.15) is 0 Å². The Balaban J connectivity index is 2.84. The molecule has 14 heavy (non-hydrogen) atoms. The van der Waals surface area contributed by atoms with Crippen LogP contribution in [0.3, 0.4) is 0 Å². The van der Waals surface area contributed by atoms with Gasteiger partial charge < -0.3 is 10.0 Å². The molecule has 0 aliphatic carbocycles. The van der Waals surface area contributed by atoms with Crippen LogP contribution in [-0.4, -0.2) is 41.8 Å². The third kappa shape index (κ3) is 3.28. The summed E-state index contributed by atoms with van der Waals surface area (Å²) in [4.78, 5) is 7.13. The molecule has 0 fully saturated rings. The third-order valence-electron chi connectivity index (χ3n) is 1.25. The Morgan fingerprint density at radius 1 is 1.36 bits per heavy atom. The molecule has 0 amide bonds. The summed E-state index contributed by atoms with van der Waals surface area (Å²) in [6, 6.07) is 0. The molecular weight excluding hydrogens is 209 g/mol. The van der Waals surface area contributed by atoms with Crippen molar-refractivity contribution in [2.24, 2.45) is 0 Å². The Labute approximate surface area is 81.0 Å². The maximum absolute atomic E-state index is 10.7. The third-order valence-corrected chi connectivity index (χ3v) is 1.80. The van der Waals surface area contributed by atoms with Gasteiger partial charge in [-0.3, -0.25) is 4.72 Å².